The Balaban J connectivity index is -0.000000132. The highest BCUT2D eigenvalue weighted by Crippen LogP contribution is 1.81. The average molecular weight is 384 g/mol. The van der Waals surface area contributed by atoms with Gasteiger partial charge in [-0.05, 0) is 13.8 Å². The Morgan fingerprint density at radius 3 is 1.00 bits per heavy atom. The number of ether oxygens (including phenoxy) is 2. The number of aliphatic hydroxyl groups is 4. The van der Waals surface area contributed by atoms with E-state index in [2.05, 4.69) is 13.2 Å². The molecule has 156 valence electrons. The van der Waals surface area contributed by atoms with Gasteiger partial charge in [-0.3, -0.25) is 0 Å². The molecule has 0 aromatic carbocycles. The number of carboxylic acids is 2. The van der Waals surface area contributed by atoms with Gasteiger partial charge in [0.05, 0.1) is 52.9 Å². The highest BCUT2D eigenvalue weighted by molar-refractivity contribution is 5.85. The third kappa shape index (κ3) is 49.5. The Morgan fingerprint density at radius 2 is 0.885 bits per heavy atom. The van der Waals surface area contributed by atoms with E-state index >= 15 is 0 Å². The van der Waals surface area contributed by atoms with Crippen molar-refractivity contribution >= 4 is 11.9 Å². The van der Waals surface area contributed by atoms with Crippen molar-refractivity contribution < 1.29 is 49.7 Å². The Labute approximate surface area is 153 Å². The van der Waals surface area contributed by atoms with E-state index in [1.165, 1.54) is 13.8 Å². The summed E-state index contributed by atoms with van der Waals surface area (Å²) in [4.78, 5) is 19.2. The zero-order valence-corrected chi connectivity index (χ0v) is 15.4. The number of aliphatic hydroxyl groups excluding tert-OH is 4. The molecule has 0 saturated heterocycles. The van der Waals surface area contributed by atoms with Gasteiger partial charge in [0.1, 0.15) is 0 Å². The SMILES string of the molecule is C=C(C)C(=O)O.C=C(C)C(=O)O.OCCO.OCCOCCOCCO. The summed E-state index contributed by atoms with van der Waals surface area (Å²) < 4.78 is 9.75. The van der Waals surface area contributed by atoms with Crippen LogP contribution in [0.2, 0.25) is 0 Å². The molecule has 0 atom stereocenters. The van der Waals surface area contributed by atoms with Crippen molar-refractivity contribution in [1.29, 1.82) is 0 Å². The standard InChI is InChI=1S/C6H14O4.2C4H6O2.C2H6O2/c7-1-3-9-5-6-10-4-2-8;2*1-3(2)4(5)6;3-1-2-4/h7-8H,1-6H2;2*1H2,2H3,(H,5,6);3-4H,1-2H2. The van der Waals surface area contributed by atoms with Gasteiger partial charge in [0, 0.05) is 11.1 Å². The predicted octanol–water partition coefficient (Wildman–Crippen LogP) is -0.731. The highest BCUT2D eigenvalue weighted by Gasteiger charge is 1.90. The summed E-state index contributed by atoms with van der Waals surface area (Å²) >= 11 is 0. The topological polar surface area (TPSA) is 174 Å². The van der Waals surface area contributed by atoms with E-state index in [0.29, 0.717) is 26.4 Å². The van der Waals surface area contributed by atoms with Crippen LogP contribution in [0.5, 0.6) is 0 Å². The molecule has 10 heteroatoms. The summed E-state index contributed by atoms with van der Waals surface area (Å²) in [6.45, 7) is 10.7. The monoisotopic (exact) mass is 384 g/mol. The first-order valence-electron chi connectivity index (χ1n) is 7.48. The number of carboxylic acid groups (broad SMARTS) is 2. The van der Waals surface area contributed by atoms with Crippen LogP contribution >= 0.6 is 0 Å². The van der Waals surface area contributed by atoms with Crippen molar-refractivity contribution in [2.45, 2.75) is 13.8 Å². The summed E-state index contributed by atoms with van der Waals surface area (Å²) in [5, 5.41) is 47.6. The van der Waals surface area contributed by atoms with Crippen molar-refractivity contribution in [1.82, 2.24) is 0 Å². The maximum Gasteiger partial charge on any atom is 0.330 e. The van der Waals surface area contributed by atoms with Crippen LogP contribution < -0.4 is 0 Å². The van der Waals surface area contributed by atoms with Crippen LogP contribution in [0.1, 0.15) is 13.8 Å². The summed E-state index contributed by atoms with van der Waals surface area (Å²) in [7, 11) is 0. The zero-order valence-electron chi connectivity index (χ0n) is 15.4. The largest absolute Gasteiger partial charge is 0.478 e. The van der Waals surface area contributed by atoms with Crippen LogP contribution in [0, 0.1) is 0 Å². The van der Waals surface area contributed by atoms with E-state index in [-0.39, 0.29) is 37.6 Å². The molecule has 0 heterocycles. The lowest BCUT2D eigenvalue weighted by molar-refractivity contribution is -0.133. The van der Waals surface area contributed by atoms with Crippen molar-refractivity contribution in [3.05, 3.63) is 24.3 Å². The average Bonchev–Trinajstić information content (AvgIpc) is 2.59. The molecule has 0 unspecified atom stereocenters. The first kappa shape index (κ1) is 31.9. The summed E-state index contributed by atoms with van der Waals surface area (Å²) in [6.07, 6.45) is 0. The van der Waals surface area contributed by atoms with Gasteiger partial charge in [-0.15, -0.1) is 0 Å². The number of hydrogen-bond donors (Lipinski definition) is 6. The number of aliphatic carboxylic acids is 2. The van der Waals surface area contributed by atoms with Gasteiger partial charge < -0.3 is 40.1 Å². The molecule has 0 aromatic rings. The second kappa shape index (κ2) is 28.0. The fourth-order valence-corrected chi connectivity index (χ4v) is 0.451. The van der Waals surface area contributed by atoms with Gasteiger partial charge in [0.15, 0.2) is 0 Å². The quantitative estimate of drug-likeness (QED) is 0.208. The highest BCUT2D eigenvalue weighted by atomic mass is 16.5. The molecule has 0 fully saturated rings. The second-order valence-corrected chi connectivity index (χ2v) is 4.29. The molecule has 0 saturated carbocycles. The molecular weight excluding hydrogens is 352 g/mol. The molecule has 26 heavy (non-hydrogen) atoms. The van der Waals surface area contributed by atoms with Crippen LogP contribution in [-0.2, 0) is 19.1 Å². The Kier molecular flexibility index (Phi) is 34.4. The molecule has 0 radical (unpaired) electrons. The van der Waals surface area contributed by atoms with E-state index in [9.17, 15) is 9.59 Å². The van der Waals surface area contributed by atoms with Crippen LogP contribution in [0.3, 0.4) is 0 Å². The molecule has 0 rings (SSSR count). The number of rotatable bonds is 10. The lowest BCUT2D eigenvalue weighted by atomic mass is 10.4. The minimum absolute atomic E-state index is 0.0417. The smallest absolute Gasteiger partial charge is 0.330 e. The first-order chi connectivity index (χ1) is 12.1. The molecular formula is C16H32O10. The van der Waals surface area contributed by atoms with Gasteiger partial charge >= 0.3 is 11.9 Å². The van der Waals surface area contributed by atoms with Crippen molar-refractivity contribution in [3.63, 3.8) is 0 Å². The van der Waals surface area contributed by atoms with Crippen LogP contribution in [0.25, 0.3) is 0 Å². The Morgan fingerprint density at radius 1 is 0.654 bits per heavy atom. The fraction of sp³-hybridized carbons (Fsp3) is 0.625. The normalized spacial score (nSPS) is 8.54. The minimum atomic E-state index is -0.935. The van der Waals surface area contributed by atoms with Gasteiger partial charge in [0.2, 0.25) is 0 Å². The van der Waals surface area contributed by atoms with Crippen molar-refractivity contribution in [2.75, 3.05) is 52.9 Å². The lowest BCUT2D eigenvalue weighted by Crippen LogP contribution is -2.09. The van der Waals surface area contributed by atoms with E-state index in [0.717, 1.165) is 0 Å². The maximum absolute atomic E-state index is 9.60. The molecule has 10 nitrogen and oxygen atoms in total. The van der Waals surface area contributed by atoms with E-state index in [1.807, 2.05) is 0 Å². The molecule has 0 aliphatic rings. The lowest BCUT2D eigenvalue weighted by Gasteiger charge is -2.01. The zero-order chi connectivity index (χ0) is 21.4. The van der Waals surface area contributed by atoms with E-state index in [4.69, 9.17) is 40.1 Å². The van der Waals surface area contributed by atoms with Gasteiger partial charge in [-0.1, -0.05) is 13.2 Å². The van der Waals surface area contributed by atoms with Gasteiger partial charge in [-0.2, -0.15) is 0 Å². The summed E-state index contributed by atoms with van der Waals surface area (Å²) in [5.41, 5.74) is 0.352. The Hall–Kier alpha value is -1.82. The molecule has 0 aliphatic heterocycles. The molecule has 0 aliphatic carbocycles. The maximum atomic E-state index is 9.60. The van der Waals surface area contributed by atoms with Crippen LogP contribution in [-0.4, -0.2) is 95.4 Å². The summed E-state index contributed by atoms with van der Waals surface area (Å²) in [5.74, 6) is -1.87. The minimum Gasteiger partial charge on any atom is -0.478 e. The predicted molar refractivity (Wildman–Crippen MR) is 94.9 cm³/mol. The van der Waals surface area contributed by atoms with Crippen molar-refractivity contribution in [3.8, 4) is 0 Å². The van der Waals surface area contributed by atoms with Gasteiger partial charge in [0.25, 0.3) is 0 Å². The summed E-state index contributed by atoms with van der Waals surface area (Å²) in [6, 6.07) is 0. The van der Waals surface area contributed by atoms with Crippen molar-refractivity contribution in [2.24, 2.45) is 0 Å². The fourth-order valence-electron chi connectivity index (χ4n) is 0.451. The van der Waals surface area contributed by atoms with E-state index < -0.39 is 11.9 Å². The number of hydrogen-bond acceptors (Lipinski definition) is 8. The molecule has 0 bridgehead atoms. The molecule has 6 N–H and O–H groups in total. The van der Waals surface area contributed by atoms with E-state index in [1.54, 1.807) is 0 Å². The third-order valence-corrected chi connectivity index (χ3v) is 1.67. The molecule has 0 aromatic heterocycles. The third-order valence-electron chi connectivity index (χ3n) is 1.67. The second-order valence-electron chi connectivity index (χ2n) is 4.29. The molecule has 0 spiro atoms. The van der Waals surface area contributed by atoms with Crippen LogP contribution in [0.15, 0.2) is 24.3 Å². The first-order valence-corrected chi connectivity index (χ1v) is 7.48. The molecule has 0 amide bonds. The Bertz CT molecular complexity index is 297. The van der Waals surface area contributed by atoms with Crippen LogP contribution in [0.4, 0.5) is 0 Å². The number of carbonyl (C=O) groups is 2. The van der Waals surface area contributed by atoms with Gasteiger partial charge in [-0.25, -0.2) is 9.59 Å².